The molecule has 19 heavy (non-hydrogen) atoms. The number of aryl methyl sites for hydroxylation is 1. The van der Waals surface area contributed by atoms with Gasteiger partial charge in [-0.1, -0.05) is 0 Å². The molecule has 1 aromatic heterocycles. The molecule has 6 heteroatoms. The van der Waals surface area contributed by atoms with E-state index in [9.17, 15) is 0 Å². The summed E-state index contributed by atoms with van der Waals surface area (Å²) >= 11 is 0. The zero-order valence-corrected chi connectivity index (χ0v) is 10.2. The van der Waals surface area contributed by atoms with Crippen molar-refractivity contribution in [1.29, 1.82) is 10.5 Å². The molecule has 0 fully saturated rings. The van der Waals surface area contributed by atoms with Crippen molar-refractivity contribution >= 4 is 17.5 Å². The van der Waals surface area contributed by atoms with Crippen LogP contribution in [0, 0.1) is 29.6 Å². The lowest BCUT2D eigenvalue weighted by Crippen LogP contribution is -2.02. The molecule has 3 N–H and O–H groups in total. The molecule has 1 aromatic carbocycles. The average Bonchev–Trinajstić information content (AvgIpc) is 2.42. The minimum atomic E-state index is 0.169. The number of benzene rings is 1. The molecule has 0 amide bonds. The summed E-state index contributed by atoms with van der Waals surface area (Å²) in [7, 11) is 0. The zero-order valence-electron chi connectivity index (χ0n) is 10.2. The second kappa shape index (κ2) is 5.03. The predicted octanol–water partition coefficient (Wildman–Crippen LogP) is 1.85. The van der Waals surface area contributed by atoms with Gasteiger partial charge in [0.25, 0.3) is 0 Å². The van der Waals surface area contributed by atoms with Gasteiger partial charge in [0.2, 0.25) is 5.95 Å². The van der Waals surface area contributed by atoms with Crippen LogP contribution in [0.1, 0.15) is 16.7 Å². The molecule has 0 bridgehead atoms. The molecular weight excluding hydrogens is 240 g/mol. The number of hydrogen-bond donors (Lipinski definition) is 2. The maximum Gasteiger partial charge on any atom is 0.221 e. The first-order valence-corrected chi connectivity index (χ1v) is 5.44. The quantitative estimate of drug-likeness (QED) is 0.841. The number of nitrogen functional groups attached to an aromatic ring is 1. The van der Waals surface area contributed by atoms with Crippen LogP contribution in [0.5, 0.6) is 0 Å². The minimum Gasteiger partial charge on any atom is -0.368 e. The first-order chi connectivity index (χ1) is 9.13. The van der Waals surface area contributed by atoms with Crippen LogP contribution in [0.2, 0.25) is 0 Å². The van der Waals surface area contributed by atoms with Crippen LogP contribution in [0.4, 0.5) is 17.5 Å². The summed E-state index contributed by atoms with van der Waals surface area (Å²) in [6.07, 6.45) is 1.61. The SMILES string of the molecule is Cc1cnc(N)nc1Nc1ccc(C#N)c(C#N)c1. The normalized spacial score (nSPS) is 9.42. The molecule has 0 atom stereocenters. The van der Waals surface area contributed by atoms with Gasteiger partial charge in [0.05, 0.1) is 11.1 Å². The summed E-state index contributed by atoms with van der Waals surface area (Å²) in [6.45, 7) is 1.84. The van der Waals surface area contributed by atoms with Gasteiger partial charge in [-0.15, -0.1) is 0 Å². The van der Waals surface area contributed by atoms with Crippen molar-refractivity contribution in [1.82, 2.24) is 9.97 Å². The van der Waals surface area contributed by atoms with Crippen molar-refractivity contribution in [2.75, 3.05) is 11.1 Å². The van der Waals surface area contributed by atoms with Crippen LogP contribution >= 0.6 is 0 Å². The second-order valence-corrected chi connectivity index (χ2v) is 3.87. The number of nitrogens with one attached hydrogen (secondary N) is 1. The smallest absolute Gasteiger partial charge is 0.221 e. The van der Waals surface area contributed by atoms with E-state index in [2.05, 4.69) is 15.3 Å². The van der Waals surface area contributed by atoms with E-state index < -0.39 is 0 Å². The first kappa shape index (κ1) is 12.3. The largest absolute Gasteiger partial charge is 0.368 e. The number of rotatable bonds is 2. The van der Waals surface area contributed by atoms with E-state index in [1.54, 1.807) is 24.4 Å². The average molecular weight is 250 g/mol. The summed E-state index contributed by atoms with van der Waals surface area (Å²) < 4.78 is 0. The Morgan fingerprint density at radius 1 is 1.21 bits per heavy atom. The zero-order chi connectivity index (χ0) is 13.8. The number of nitrogens with two attached hydrogens (primary N) is 1. The molecule has 1 heterocycles. The Bertz CT molecular complexity index is 708. The van der Waals surface area contributed by atoms with Crippen LogP contribution in [0.3, 0.4) is 0 Å². The third kappa shape index (κ3) is 2.59. The summed E-state index contributed by atoms with van der Waals surface area (Å²) in [5.74, 6) is 0.739. The number of aromatic nitrogens is 2. The van der Waals surface area contributed by atoms with E-state index >= 15 is 0 Å². The molecule has 0 spiro atoms. The molecule has 6 nitrogen and oxygen atoms in total. The van der Waals surface area contributed by atoms with Gasteiger partial charge in [0, 0.05) is 17.4 Å². The third-order valence-corrected chi connectivity index (χ3v) is 2.51. The lowest BCUT2D eigenvalue weighted by atomic mass is 10.1. The molecular formula is C13H10N6. The molecule has 2 rings (SSSR count). The Labute approximate surface area is 110 Å². The fraction of sp³-hybridized carbons (Fsp3) is 0.0769. The predicted molar refractivity (Wildman–Crippen MR) is 70.3 cm³/mol. The van der Waals surface area contributed by atoms with Gasteiger partial charge in [0.1, 0.15) is 18.0 Å². The van der Waals surface area contributed by atoms with Crippen molar-refractivity contribution in [3.05, 3.63) is 41.1 Å². The highest BCUT2D eigenvalue weighted by molar-refractivity contribution is 5.63. The Balaban J connectivity index is 2.37. The Kier molecular flexibility index (Phi) is 3.26. The van der Waals surface area contributed by atoms with Gasteiger partial charge < -0.3 is 11.1 Å². The standard InChI is InChI=1S/C13H10N6/c1-8-7-17-13(16)19-12(8)18-11-3-2-9(5-14)10(4-11)6-15/h2-4,7H,1H3,(H3,16,17,18,19). The summed E-state index contributed by atoms with van der Waals surface area (Å²) in [4.78, 5) is 7.95. The van der Waals surface area contributed by atoms with Gasteiger partial charge in [-0.3, -0.25) is 0 Å². The lowest BCUT2D eigenvalue weighted by molar-refractivity contribution is 1.15. The highest BCUT2D eigenvalue weighted by Gasteiger charge is 2.06. The van der Waals surface area contributed by atoms with Crippen LogP contribution < -0.4 is 11.1 Å². The fourth-order valence-electron chi connectivity index (χ4n) is 1.53. The minimum absolute atomic E-state index is 0.169. The monoisotopic (exact) mass is 250 g/mol. The van der Waals surface area contributed by atoms with E-state index in [1.165, 1.54) is 0 Å². The molecule has 0 aliphatic carbocycles. The van der Waals surface area contributed by atoms with Gasteiger partial charge in [0.15, 0.2) is 0 Å². The molecule has 0 aliphatic rings. The van der Waals surface area contributed by atoms with Crippen LogP contribution in [-0.2, 0) is 0 Å². The molecule has 0 unspecified atom stereocenters. The Morgan fingerprint density at radius 2 is 1.95 bits per heavy atom. The molecule has 0 saturated heterocycles. The van der Waals surface area contributed by atoms with Gasteiger partial charge in [-0.2, -0.15) is 15.5 Å². The van der Waals surface area contributed by atoms with E-state index in [4.69, 9.17) is 16.3 Å². The number of hydrogen-bond acceptors (Lipinski definition) is 6. The number of nitriles is 2. The van der Waals surface area contributed by atoms with Gasteiger partial charge in [-0.25, -0.2) is 4.98 Å². The van der Waals surface area contributed by atoms with E-state index in [1.807, 2.05) is 19.1 Å². The summed E-state index contributed by atoms with van der Waals surface area (Å²) in [5, 5.41) is 20.9. The Morgan fingerprint density at radius 3 is 2.63 bits per heavy atom. The lowest BCUT2D eigenvalue weighted by Gasteiger charge is -2.09. The highest BCUT2D eigenvalue weighted by Crippen LogP contribution is 2.20. The number of anilines is 3. The molecule has 0 saturated carbocycles. The van der Waals surface area contributed by atoms with Crippen molar-refractivity contribution in [2.45, 2.75) is 6.92 Å². The fourth-order valence-corrected chi connectivity index (χ4v) is 1.53. The summed E-state index contributed by atoms with van der Waals surface area (Å²) in [5.41, 5.74) is 7.67. The third-order valence-electron chi connectivity index (χ3n) is 2.51. The molecule has 0 aliphatic heterocycles. The van der Waals surface area contributed by atoms with Crippen LogP contribution in [0.25, 0.3) is 0 Å². The first-order valence-electron chi connectivity index (χ1n) is 5.44. The molecule has 2 aromatic rings. The van der Waals surface area contributed by atoms with Crippen LogP contribution in [0.15, 0.2) is 24.4 Å². The van der Waals surface area contributed by atoms with E-state index in [0.29, 0.717) is 22.6 Å². The van der Waals surface area contributed by atoms with Crippen molar-refractivity contribution in [3.8, 4) is 12.1 Å². The van der Waals surface area contributed by atoms with Gasteiger partial charge >= 0.3 is 0 Å². The van der Waals surface area contributed by atoms with Crippen LogP contribution in [-0.4, -0.2) is 9.97 Å². The van der Waals surface area contributed by atoms with E-state index in [0.717, 1.165) is 5.56 Å². The van der Waals surface area contributed by atoms with Crippen molar-refractivity contribution < 1.29 is 0 Å². The van der Waals surface area contributed by atoms with Crippen molar-refractivity contribution in [2.24, 2.45) is 0 Å². The number of nitrogens with zero attached hydrogens (tertiary/aromatic N) is 4. The second-order valence-electron chi connectivity index (χ2n) is 3.87. The van der Waals surface area contributed by atoms with Crippen molar-refractivity contribution in [3.63, 3.8) is 0 Å². The highest BCUT2D eigenvalue weighted by atomic mass is 15.1. The van der Waals surface area contributed by atoms with Gasteiger partial charge in [-0.05, 0) is 25.1 Å². The molecule has 92 valence electrons. The Hall–Kier alpha value is -3.12. The van der Waals surface area contributed by atoms with E-state index in [-0.39, 0.29) is 5.95 Å². The molecule has 0 radical (unpaired) electrons. The topological polar surface area (TPSA) is 111 Å². The summed E-state index contributed by atoms with van der Waals surface area (Å²) in [6, 6.07) is 8.82. The maximum atomic E-state index is 8.96. The maximum absolute atomic E-state index is 8.96.